The Labute approximate surface area is 92.0 Å². The molecule has 0 radical (unpaired) electrons. The second-order valence-corrected chi connectivity index (χ2v) is 5.02. The molecule has 0 spiro atoms. The van der Waals surface area contributed by atoms with Gasteiger partial charge in [-0.25, -0.2) is 0 Å². The van der Waals surface area contributed by atoms with Gasteiger partial charge in [0.25, 0.3) is 0 Å². The molecular formula is C12H23NO2. The molecule has 3 atom stereocenters. The minimum absolute atomic E-state index is 0.118. The van der Waals surface area contributed by atoms with Crippen LogP contribution in [0.25, 0.3) is 0 Å². The standard InChI is InChI=1S/C12H23NO2/c1-3-9-5-12(8-13,7-11(14)15)6-10(9)4-2/h9-10H,3-8,13H2,1-2H3,(H,14,15)/t9-,10+,12-. The second-order valence-electron chi connectivity index (χ2n) is 5.02. The van der Waals surface area contributed by atoms with Crippen LogP contribution in [-0.2, 0) is 4.79 Å². The molecule has 0 bridgehead atoms. The summed E-state index contributed by atoms with van der Waals surface area (Å²) in [7, 11) is 0. The Hall–Kier alpha value is -0.570. The Morgan fingerprint density at radius 3 is 2.07 bits per heavy atom. The third-order valence-corrected chi connectivity index (χ3v) is 4.07. The van der Waals surface area contributed by atoms with Crippen LogP contribution in [0.4, 0.5) is 0 Å². The number of nitrogens with two attached hydrogens (primary N) is 1. The molecule has 1 saturated carbocycles. The van der Waals surface area contributed by atoms with Crippen LogP contribution in [0.15, 0.2) is 0 Å². The minimum Gasteiger partial charge on any atom is -0.481 e. The molecule has 0 aromatic heterocycles. The molecule has 0 unspecified atom stereocenters. The van der Waals surface area contributed by atoms with Crippen LogP contribution in [-0.4, -0.2) is 17.6 Å². The van der Waals surface area contributed by atoms with Crippen molar-refractivity contribution in [1.82, 2.24) is 0 Å². The summed E-state index contributed by atoms with van der Waals surface area (Å²) in [6.45, 7) is 4.91. The number of carboxylic acids is 1. The first-order valence-corrected chi connectivity index (χ1v) is 5.98. The van der Waals surface area contributed by atoms with E-state index in [0.717, 1.165) is 25.7 Å². The van der Waals surface area contributed by atoms with Crippen LogP contribution in [0.1, 0.15) is 46.0 Å². The largest absolute Gasteiger partial charge is 0.481 e. The van der Waals surface area contributed by atoms with E-state index in [1.807, 2.05) is 0 Å². The first kappa shape index (κ1) is 12.5. The molecule has 0 heterocycles. The van der Waals surface area contributed by atoms with Gasteiger partial charge in [-0.3, -0.25) is 4.79 Å². The lowest BCUT2D eigenvalue weighted by atomic mass is 9.81. The third kappa shape index (κ3) is 2.71. The monoisotopic (exact) mass is 213 g/mol. The van der Waals surface area contributed by atoms with Crippen molar-refractivity contribution < 1.29 is 9.90 Å². The van der Waals surface area contributed by atoms with Crippen molar-refractivity contribution in [3.8, 4) is 0 Å². The van der Waals surface area contributed by atoms with Crippen molar-refractivity contribution in [3.63, 3.8) is 0 Å². The number of carboxylic acid groups (broad SMARTS) is 1. The zero-order valence-corrected chi connectivity index (χ0v) is 9.83. The van der Waals surface area contributed by atoms with Crippen LogP contribution in [0.2, 0.25) is 0 Å². The molecule has 1 rings (SSSR count). The van der Waals surface area contributed by atoms with Gasteiger partial charge in [-0.15, -0.1) is 0 Å². The average molecular weight is 213 g/mol. The number of carbonyl (C=O) groups is 1. The molecule has 15 heavy (non-hydrogen) atoms. The van der Waals surface area contributed by atoms with Crippen LogP contribution >= 0.6 is 0 Å². The van der Waals surface area contributed by atoms with E-state index in [-0.39, 0.29) is 11.8 Å². The summed E-state index contributed by atoms with van der Waals surface area (Å²) in [6, 6.07) is 0. The maximum atomic E-state index is 10.9. The summed E-state index contributed by atoms with van der Waals surface area (Å²) < 4.78 is 0. The second kappa shape index (κ2) is 4.97. The van der Waals surface area contributed by atoms with Crippen molar-refractivity contribution in [2.24, 2.45) is 23.0 Å². The average Bonchev–Trinajstić information content (AvgIpc) is 2.56. The fourth-order valence-electron chi connectivity index (χ4n) is 3.19. The first-order chi connectivity index (χ1) is 7.06. The zero-order chi connectivity index (χ0) is 11.5. The molecule has 88 valence electrons. The predicted octanol–water partition coefficient (Wildman–Crippen LogP) is 2.25. The van der Waals surface area contributed by atoms with E-state index in [9.17, 15) is 4.79 Å². The Kier molecular flexibility index (Phi) is 4.14. The molecular weight excluding hydrogens is 190 g/mol. The molecule has 3 nitrogen and oxygen atoms in total. The third-order valence-electron chi connectivity index (χ3n) is 4.07. The van der Waals surface area contributed by atoms with E-state index in [2.05, 4.69) is 13.8 Å². The smallest absolute Gasteiger partial charge is 0.303 e. The molecule has 0 aliphatic heterocycles. The number of hydrogen-bond acceptors (Lipinski definition) is 2. The van der Waals surface area contributed by atoms with Gasteiger partial charge in [-0.1, -0.05) is 26.7 Å². The maximum Gasteiger partial charge on any atom is 0.303 e. The number of aliphatic carboxylic acids is 1. The lowest BCUT2D eigenvalue weighted by Gasteiger charge is -2.25. The van der Waals surface area contributed by atoms with Crippen molar-refractivity contribution in [3.05, 3.63) is 0 Å². The topological polar surface area (TPSA) is 63.3 Å². The maximum absolute atomic E-state index is 10.9. The minimum atomic E-state index is -0.702. The number of hydrogen-bond donors (Lipinski definition) is 2. The highest BCUT2D eigenvalue weighted by Crippen LogP contribution is 2.49. The predicted molar refractivity (Wildman–Crippen MR) is 60.5 cm³/mol. The van der Waals surface area contributed by atoms with E-state index in [4.69, 9.17) is 10.8 Å². The fourth-order valence-corrected chi connectivity index (χ4v) is 3.19. The van der Waals surface area contributed by atoms with Gasteiger partial charge in [0, 0.05) is 0 Å². The van der Waals surface area contributed by atoms with Gasteiger partial charge in [0.1, 0.15) is 0 Å². The van der Waals surface area contributed by atoms with Gasteiger partial charge >= 0.3 is 5.97 Å². The normalized spacial score (nSPS) is 35.7. The lowest BCUT2D eigenvalue weighted by molar-refractivity contribution is -0.139. The molecule has 0 saturated heterocycles. The van der Waals surface area contributed by atoms with Gasteiger partial charge < -0.3 is 10.8 Å². The van der Waals surface area contributed by atoms with E-state index in [1.165, 1.54) is 0 Å². The van der Waals surface area contributed by atoms with Gasteiger partial charge in [0.15, 0.2) is 0 Å². The van der Waals surface area contributed by atoms with Crippen molar-refractivity contribution in [2.45, 2.75) is 46.0 Å². The van der Waals surface area contributed by atoms with Gasteiger partial charge in [0.2, 0.25) is 0 Å². The summed E-state index contributed by atoms with van der Waals surface area (Å²) in [5.74, 6) is 0.655. The summed E-state index contributed by atoms with van der Waals surface area (Å²) in [5, 5.41) is 8.93. The Morgan fingerprint density at radius 1 is 1.33 bits per heavy atom. The van der Waals surface area contributed by atoms with Gasteiger partial charge in [0.05, 0.1) is 6.42 Å². The fraction of sp³-hybridized carbons (Fsp3) is 0.917. The zero-order valence-electron chi connectivity index (χ0n) is 9.83. The summed E-state index contributed by atoms with van der Waals surface area (Å²) >= 11 is 0. The molecule has 3 heteroatoms. The molecule has 1 aliphatic carbocycles. The molecule has 0 aromatic carbocycles. The lowest BCUT2D eigenvalue weighted by Crippen LogP contribution is -2.30. The molecule has 0 aromatic rings. The molecule has 0 amide bonds. The Bertz CT molecular complexity index is 216. The van der Waals surface area contributed by atoms with Gasteiger partial charge in [-0.2, -0.15) is 0 Å². The SMILES string of the molecule is CC[C@@H]1C[C@](CN)(CC(=O)O)C[C@@H]1CC. The number of rotatable bonds is 5. The summed E-state index contributed by atoms with van der Waals surface area (Å²) in [6.07, 6.45) is 4.56. The van der Waals surface area contributed by atoms with Crippen molar-refractivity contribution in [1.29, 1.82) is 0 Å². The van der Waals surface area contributed by atoms with E-state index in [1.54, 1.807) is 0 Å². The van der Waals surface area contributed by atoms with Crippen molar-refractivity contribution in [2.75, 3.05) is 6.54 Å². The highest BCUT2D eigenvalue weighted by atomic mass is 16.4. The highest BCUT2D eigenvalue weighted by molar-refractivity contribution is 5.67. The van der Waals surface area contributed by atoms with Crippen LogP contribution in [0.5, 0.6) is 0 Å². The summed E-state index contributed by atoms with van der Waals surface area (Å²) in [5.41, 5.74) is 5.67. The van der Waals surface area contributed by atoms with Crippen LogP contribution in [0, 0.1) is 17.3 Å². The Balaban J connectivity index is 2.72. The summed E-state index contributed by atoms with van der Waals surface area (Å²) in [4.78, 5) is 10.9. The van der Waals surface area contributed by atoms with Gasteiger partial charge in [-0.05, 0) is 36.6 Å². The van der Waals surface area contributed by atoms with E-state index < -0.39 is 5.97 Å². The van der Waals surface area contributed by atoms with Crippen molar-refractivity contribution >= 4 is 5.97 Å². The highest BCUT2D eigenvalue weighted by Gasteiger charge is 2.43. The van der Waals surface area contributed by atoms with Crippen LogP contribution in [0.3, 0.4) is 0 Å². The molecule has 3 N–H and O–H groups in total. The molecule has 1 fully saturated rings. The molecule has 1 aliphatic rings. The quantitative estimate of drug-likeness (QED) is 0.736. The van der Waals surface area contributed by atoms with E-state index in [0.29, 0.717) is 18.4 Å². The van der Waals surface area contributed by atoms with Crippen LogP contribution < -0.4 is 5.73 Å². The first-order valence-electron chi connectivity index (χ1n) is 5.98. The van der Waals surface area contributed by atoms with E-state index >= 15 is 0 Å². The Morgan fingerprint density at radius 2 is 1.80 bits per heavy atom.